The standard InChI is InChI=1S/C22H30ClN3O4/c1-5-29-21(28)26-13-11-25(12-14-26)18(19(24)20(27)30-22(2,3)4)10-9-16-7-6-8-17(23)15-16/h6-8,15,18-19H,5,11-14,24H2,1-4H3. The average Bonchev–Trinajstić information content (AvgIpc) is 2.67. The van der Waals surface area contributed by atoms with Crippen molar-refractivity contribution >= 4 is 23.7 Å². The fourth-order valence-corrected chi connectivity index (χ4v) is 3.22. The fourth-order valence-electron chi connectivity index (χ4n) is 3.03. The number of ether oxygens (including phenoxy) is 2. The van der Waals surface area contributed by atoms with Crippen molar-refractivity contribution in [2.45, 2.75) is 45.4 Å². The highest BCUT2D eigenvalue weighted by Gasteiger charge is 2.34. The highest BCUT2D eigenvalue weighted by Crippen LogP contribution is 2.15. The van der Waals surface area contributed by atoms with Crippen molar-refractivity contribution in [3.05, 3.63) is 34.9 Å². The van der Waals surface area contributed by atoms with Crippen molar-refractivity contribution in [3.63, 3.8) is 0 Å². The van der Waals surface area contributed by atoms with Crippen molar-refractivity contribution in [3.8, 4) is 11.8 Å². The molecule has 1 heterocycles. The van der Waals surface area contributed by atoms with Crippen molar-refractivity contribution in [2.24, 2.45) is 5.73 Å². The van der Waals surface area contributed by atoms with Crippen molar-refractivity contribution in [1.29, 1.82) is 0 Å². The molecule has 0 spiro atoms. The average molecular weight is 436 g/mol. The van der Waals surface area contributed by atoms with E-state index in [1.54, 1.807) is 44.7 Å². The van der Waals surface area contributed by atoms with E-state index >= 15 is 0 Å². The summed E-state index contributed by atoms with van der Waals surface area (Å²) in [5.74, 6) is 5.68. The molecular weight excluding hydrogens is 406 g/mol. The molecule has 1 amide bonds. The van der Waals surface area contributed by atoms with Crippen LogP contribution in [0.4, 0.5) is 4.79 Å². The number of nitrogens with two attached hydrogens (primary N) is 1. The lowest BCUT2D eigenvalue weighted by Gasteiger charge is -2.38. The highest BCUT2D eigenvalue weighted by atomic mass is 35.5. The van der Waals surface area contributed by atoms with Crippen LogP contribution in [0.25, 0.3) is 0 Å². The Morgan fingerprint density at radius 3 is 2.47 bits per heavy atom. The number of amides is 1. The van der Waals surface area contributed by atoms with E-state index in [1.165, 1.54) is 0 Å². The number of hydrogen-bond acceptors (Lipinski definition) is 6. The van der Waals surface area contributed by atoms with E-state index in [4.69, 9.17) is 26.8 Å². The van der Waals surface area contributed by atoms with E-state index in [0.717, 1.165) is 5.56 Å². The van der Waals surface area contributed by atoms with Gasteiger partial charge in [-0.15, -0.1) is 0 Å². The van der Waals surface area contributed by atoms with E-state index in [-0.39, 0.29) is 6.09 Å². The normalized spacial score (nSPS) is 16.8. The molecule has 0 aliphatic carbocycles. The van der Waals surface area contributed by atoms with Gasteiger partial charge in [0.2, 0.25) is 0 Å². The molecule has 0 radical (unpaired) electrons. The van der Waals surface area contributed by atoms with Gasteiger partial charge < -0.3 is 20.1 Å². The molecule has 7 nitrogen and oxygen atoms in total. The molecular formula is C22H30ClN3O4. The molecule has 0 saturated carbocycles. The van der Waals surface area contributed by atoms with E-state index < -0.39 is 23.7 Å². The minimum absolute atomic E-state index is 0.330. The summed E-state index contributed by atoms with van der Waals surface area (Å²) in [5.41, 5.74) is 6.37. The minimum Gasteiger partial charge on any atom is -0.459 e. The molecule has 30 heavy (non-hydrogen) atoms. The smallest absolute Gasteiger partial charge is 0.409 e. The number of benzene rings is 1. The Kier molecular flexibility index (Phi) is 8.54. The van der Waals surface area contributed by atoms with Crippen LogP contribution < -0.4 is 5.73 Å². The molecule has 2 atom stereocenters. The monoisotopic (exact) mass is 435 g/mol. The lowest BCUT2D eigenvalue weighted by Crippen LogP contribution is -2.58. The Hall–Kier alpha value is -2.27. The molecule has 1 fully saturated rings. The molecule has 1 saturated heterocycles. The predicted molar refractivity (Wildman–Crippen MR) is 116 cm³/mol. The van der Waals surface area contributed by atoms with Gasteiger partial charge in [0.05, 0.1) is 12.6 Å². The lowest BCUT2D eigenvalue weighted by molar-refractivity contribution is -0.157. The van der Waals surface area contributed by atoms with Crippen LogP contribution in [0.3, 0.4) is 0 Å². The van der Waals surface area contributed by atoms with Gasteiger partial charge in [-0.25, -0.2) is 4.79 Å². The first-order valence-electron chi connectivity index (χ1n) is 10.0. The van der Waals surface area contributed by atoms with E-state index in [9.17, 15) is 9.59 Å². The molecule has 1 aliphatic heterocycles. The topological polar surface area (TPSA) is 85.1 Å². The summed E-state index contributed by atoms with van der Waals surface area (Å²) in [5, 5.41) is 0.581. The SMILES string of the molecule is CCOC(=O)N1CCN(C(C#Cc2cccc(Cl)c2)C(N)C(=O)OC(C)(C)C)CC1. The van der Waals surface area contributed by atoms with Gasteiger partial charge in [0.15, 0.2) is 0 Å². The molecule has 0 aromatic heterocycles. The zero-order valence-corrected chi connectivity index (χ0v) is 18.7. The second-order valence-electron chi connectivity index (χ2n) is 8.01. The number of hydrogen-bond donors (Lipinski definition) is 1. The largest absolute Gasteiger partial charge is 0.459 e. The molecule has 164 valence electrons. The van der Waals surface area contributed by atoms with Gasteiger partial charge in [0.1, 0.15) is 11.6 Å². The second-order valence-corrected chi connectivity index (χ2v) is 8.44. The maximum absolute atomic E-state index is 12.6. The third kappa shape index (κ3) is 7.21. The van der Waals surface area contributed by atoms with Crippen LogP contribution in [0.5, 0.6) is 0 Å². The van der Waals surface area contributed by atoms with Gasteiger partial charge in [0, 0.05) is 36.8 Å². The van der Waals surface area contributed by atoms with Crippen molar-refractivity contribution in [1.82, 2.24) is 9.80 Å². The first-order chi connectivity index (χ1) is 14.1. The number of esters is 1. The first kappa shape index (κ1) is 24.0. The number of carbonyl (C=O) groups is 2. The van der Waals surface area contributed by atoms with Gasteiger partial charge in [-0.3, -0.25) is 9.69 Å². The summed E-state index contributed by atoms with van der Waals surface area (Å²) < 4.78 is 10.5. The number of rotatable bonds is 4. The first-order valence-corrected chi connectivity index (χ1v) is 10.4. The quantitative estimate of drug-likeness (QED) is 0.577. The summed E-state index contributed by atoms with van der Waals surface area (Å²) in [4.78, 5) is 28.2. The van der Waals surface area contributed by atoms with Crippen LogP contribution in [0.15, 0.2) is 24.3 Å². The molecule has 0 bridgehead atoms. The van der Waals surface area contributed by atoms with Gasteiger partial charge >= 0.3 is 12.1 Å². The minimum atomic E-state index is -0.954. The van der Waals surface area contributed by atoms with E-state index in [0.29, 0.717) is 37.8 Å². The summed E-state index contributed by atoms with van der Waals surface area (Å²) >= 11 is 6.04. The van der Waals surface area contributed by atoms with Crippen LogP contribution in [0.2, 0.25) is 5.02 Å². The van der Waals surface area contributed by atoms with Gasteiger partial charge in [-0.05, 0) is 45.9 Å². The summed E-state index contributed by atoms with van der Waals surface area (Å²) in [6, 6.07) is 5.66. The second kappa shape index (κ2) is 10.7. The van der Waals surface area contributed by atoms with Crippen molar-refractivity contribution < 1.29 is 19.1 Å². The maximum atomic E-state index is 12.6. The van der Waals surface area contributed by atoms with Crippen LogP contribution in [0, 0.1) is 11.8 Å². The Morgan fingerprint density at radius 1 is 1.23 bits per heavy atom. The Morgan fingerprint density at radius 2 is 1.90 bits per heavy atom. The van der Waals surface area contributed by atoms with Crippen molar-refractivity contribution in [2.75, 3.05) is 32.8 Å². The lowest BCUT2D eigenvalue weighted by atomic mass is 10.0. The number of nitrogens with zero attached hydrogens (tertiary/aromatic N) is 2. The van der Waals surface area contributed by atoms with Gasteiger partial charge in [-0.2, -0.15) is 0 Å². The highest BCUT2D eigenvalue weighted by molar-refractivity contribution is 6.30. The molecule has 2 rings (SSSR count). The molecule has 1 aromatic carbocycles. The number of piperazine rings is 1. The predicted octanol–water partition coefficient (Wildman–Crippen LogP) is 2.50. The third-order valence-electron chi connectivity index (χ3n) is 4.44. The Bertz CT molecular complexity index is 805. The van der Waals surface area contributed by atoms with Crippen LogP contribution in [0.1, 0.15) is 33.3 Å². The van der Waals surface area contributed by atoms with Gasteiger partial charge in [0.25, 0.3) is 0 Å². The zero-order valence-electron chi connectivity index (χ0n) is 18.0. The maximum Gasteiger partial charge on any atom is 0.409 e. The van der Waals surface area contributed by atoms with E-state index in [2.05, 4.69) is 11.8 Å². The summed E-state index contributed by atoms with van der Waals surface area (Å²) in [6.45, 7) is 9.46. The zero-order chi connectivity index (χ0) is 22.3. The van der Waals surface area contributed by atoms with Crippen LogP contribution in [-0.2, 0) is 14.3 Å². The van der Waals surface area contributed by atoms with Gasteiger partial charge in [-0.1, -0.05) is 29.5 Å². The molecule has 2 N–H and O–H groups in total. The van der Waals surface area contributed by atoms with Crippen LogP contribution >= 0.6 is 11.6 Å². The number of carbonyl (C=O) groups excluding carboxylic acids is 2. The molecule has 1 aromatic rings. The Labute approximate surface area is 183 Å². The fraction of sp³-hybridized carbons (Fsp3) is 0.545. The Balaban J connectivity index is 2.20. The van der Waals surface area contributed by atoms with Crippen LogP contribution in [-0.4, -0.2) is 72.3 Å². The molecule has 1 aliphatic rings. The summed E-state index contributed by atoms with van der Waals surface area (Å²) in [7, 11) is 0. The van der Waals surface area contributed by atoms with E-state index in [1.807, 2.05) is 17.0 Å². The third-order valence-corrected chi connectivity index (χ3v) is 4.68. The number of halogens is 1. The molecule has 8 heteroatoms. The summed E-state index contributed by atoms with van der Waals surface area (Å²) in [6.07, 6.45) is -0.338. The molecule has 2 unspecified atom stereocenters.